The third kappa shape index (κ3) is 3.44. The molecule has 6 heteroatoms. The highest BCUT2D eigenvalue weighted by molar-refractivity contribution is 6.46. The van der Waals surface area contributed by atoms with Crippen LogP contribution in [0, 0.1) is 0 Å². The summed E-state index contributed by atoms with van der Waals surface area (Å²) in [6, 6.07) is 18.0. The van der Waals surface area contributed by atoms with Gasteiger partial charge >= 0.3 is 0 Å². The molecule has 6 nitrogen and oxygen atoms in total. The van der Waals surface area contributed by atoms with Crippen LogP contribution in [0.3, 0.4) is 0 Å². The molecule has 166 valence electrons. The first kappa shape index (κ1) is 20.8. The van der Waals surface area contributed by atoms with Gasteiger partial charge in [-0.15, -0.1) is 0 Å². The molecule has 3 heterocycles. The van der Waals surface area contributed by atoms with Crippen LogP contribution in [0.1, 0.15) is 35.4 Å². The van der Waals surface area contributed by atoms with Gasteiger partial charge in [0.1, 0.15) is 11.5 Å². The SMILES string of the molecule is CCc1ccc(/C(O)=C2\C(=O)C(=O)N(Cc3ccco3)C2c2cn(C)c3ccccc23)cc1. The van der Waals surface area contributed by atoms with Crippen molar-refractivity contribution in [3.05, 3.63) is 101 Å². The average molecular weight is 440 g/mol. The van der Waals surface area contributed by atoms with Gasteiger partial charge in [0.2, 0.25) is 0 Å². The number of aromatic nitrogens is 1. The number of likely N-dealkylation sites (tertiary alicyclic amines) is 1. The van der Waals surface area contributed by atoms with Crippen LogP contribution in [0.15, 0.2) is 83.1 Å². The maximum atomic E-state index is 13.3. The van der Waals surface area contributed by atoms with Gasteiger partial charge in [-0.3, -0.25) is 9.59 Å². The monoisotopic (exact) mass is 440 g/mol. The molecule has 1 unspecified atom stereocenters. The summed E-state index contributed by atoms with van der Waals surface area (Å²) in [4.78, 5) is 27.9. The summed E-state index contributed by atoms with van der Waals surface area (Å²) in [6.45, 7) is 2.17. The number of para-hydroxylation sites is 1. The molecule has 4 aromatic rings. The van der Waals surface area contributed by atoms with E-state index in [0.717, 1.165) is 28.5 Å². The second-order valence-corrected chi connectivity index (χ2v) is 8.27. The van der Waals surface area contributed by atoms with Crippen LogP contribution in [0.5, 0.6) is 0 Å². The molecule has 0 radical (unpaired) electrons. The van der Waals surface area contributed by atoms with Gasteiger partial charge in [0, 0.05) is 35.3 Å². The van der Waals surface area contributed by atoms with Crippen LogP contribution in [0.25, 0.3) is 16.7 Å². The van der Waals surface area contributed by atoms with Gasteiger partial charge in [-0.05, 0) is 30.2 Å². The van der Waals surface area contributed by atoms with Crippen molar-refractivity contribution in [1.82, 2.24) is 9.47 Å². The zero-order valence-electron chi connectivity index (χ0n) is 18.5. The average Bonchev–Trinajstić information content (AvgIpc) is 3.53. The minimum Gasteiger partial charge on any atom is -0.507 e. The van der Waals surface area contributed by atoms with E-state index in [1.165, 1.54) is 11.2 Å². The third-order valence-electron chi connectivity index (χ3n) is 6.30. The maximum Gasteiger partial charge on any atom is 0.296 e. The Morgan fingerprint density at radius 3 is 2.48 bits per heavy atom. The fourth-order valence-electron chi connectivity index (χ4n) is 4.58. The summed E-state index contributed by atoms with van der Waals surface area (Å²) in [5.74, 6) is -0.960. The normalized spacial score (nSPS) is 17.9. The lowest BCUT2D eigenvalue weighted by Gasteiger charge is -2.24. The predicted octanol–water partition coefficient (Wildman–Crippen LogP) is 4.96. The van der Waals surface area contributed by atoms with Crippen LogP contribution in [0.4, 0.5) is 0 Å². The van der Waals surface area contributed by atoms with Gasteiger partial charge in [-0.1, -0.05) is 49.4 Å². The number of hydrogen-bond donors (Lipinski definition) is 1. The lowest BCUT2D eigenvalue weighted by molar-refractivity contribution is -0.140. The number of amides is 1. The van der Waals surface area contributed by atoms with E-state index in [0.29, 0.717) is 11.3 Å². The van der Waals surface area contributed by atoms with E-state index in [-0.39, 0.29) is 17.9 Å². The number of hydrogen-bond acceptors (Lipinski definition) is 4. The van der Waals surface area contributed by atoms with E-state index in [2.05, 4.69) is 6.92 Å². The smallest absolute Gasteiger partial charge is 0.296 e. The number of aliphatic hydroxyl groups is 1. The van der Waals surface area contributed by atoms with Crippen LogP contribution < -0.4 is 0 Å². The Balaban J connectivity index is 1.72. The first-order valence-corrected chi connectivity index (χ1v) is 10.9. The highest BCUT2D eigenvalue weighted by Crippen LogP contribution is 2.43. The third-order valence-corrected chi connectivity index (χ3v) is 6.30. The molecule has 2 aromatic heterocycles. The Labute approximate surface area is 191 Å². The lowest BCUT2D eigenvalue weighted by atomic mass is 9.94. The fraction of sp³-hybridized carbons (Fsp3) is 0.185. The molecule has 1 amide bonds. The van der Waals surface area contributed by atoms with Gasteiger partial charge in [0.25, 0.3) is 11.7 Å². The number of nitrogens with zero attached hydrogens (tertiary/aromatic N) is 2. The maximum absolute atomic E-state index is 13.3. The summed E-state index contributed by atoms with van der Waals surface area (Å²) in [5, 5.41) is 12.2. The number of carbonyl (C=O) groups excluding carboxylic acids is 2. The number of ketones is 1. The fourth-order valence-corrected chi connectivity index (χ4v) is 4.58. The summed E-state index contributed by atoms with van der Waals surface area (Å²) in [7, 11) is 1.92. The summed E-state index contributed by atoms with van der Waals surface area (Å²) in [5.41, 5.74) is 3.48. The lowest BCUT2D eigenvalue weighted by Crippen LogP contribution is -2.29. The number of aryl methyl sites for hydroxylation is 2. The van der Waals surface area contributed by atoms with Crippen molar-refractivity contribution in [2.24, 2.45) is 7.05 Å². The van der Waals surface area contributed by atoms with Gasteiger partial charge in [0.05, 0.1) is 24.4 Å². The molecule has 1 saturated heterocycles. The van der Waals surface area contributed by atoms with Crippen molar-refractivity contribution in [3.63, 3.8) is 0 Å². The second-order valence-electron chi connectivity index (χ2n) is 8.27. The van der Waals surface area contributed by atoms with Crippen molar-refractivity contribution in [2.75, 3.05) is 0 Å². The minimum atomic E-state index is -0.743. The number of rotatable bonds is 5. The molecule has 0 saturated carbocycles. The summed E-state index contributed by atoms with van der Waals surface area (Å²) >= 11 is 0. The zero-order valence-corrected chi connectivity index (χ0v) is 18.5. The Hall–Kier alpha value is -4.06. The summed E-state index contributed by atoms with van der Waals surface area (Å²) in [6.07, 6.45) is 4.32. The standard InChI is InChI=1S/C27H24N2O4/c1-3-17-10-12-18(13-11-17)25(30)23-24(21-16-28(2)22-9-5-4-8-20(21)22)29(27(32)26(23)31)15-19-7-6-14-33-19/h4-14,16,24,30H,3,15H2,1-2H3/b25-23+. The Morgan fingerprint density at radius 2 is 1.79 bits per heavy atom. The first-order valence-electron chi connectivity index (χ1n) is 10.9. The largest absolute Gasteiger partial charge is 0.507 e. The predicted molar refractivity (Wildman–Crippen MR) is 125 cm³/mol. The number of benzene rings is 2. The van der Waals surface area contributed by atoms with Gasteiger partial charge in [-0.2, -0.15) is 0 Å². The quantitative estimate of drug-likeness (QED) is 0.271. The van der Waals surface area contributed by atoms with Crippen molar-refractivity contribution in [3.8, 4) is 0 Å². The topological polar surface area (TPSA) is 75.7 Å². The molecule has 1 aliphatic rings. The zero-order chi connectivity index (χ0) is 23.1. The van der Waals surface area contributed by atoms with E-state index in [1.807, 2.05) is 54.2 Å². The molecular formula is C27H24N2O4. The Morgan fingerprint density at radius 1 is 1.03 bits per heavy atom. The van der Waals surface area contributed by atoms with Crippen molar-refractivity contribution >= 4 is 28.4 Å². The molecular weight excluding hydrogens is 416 g/mol. The Kier molecular flexibility index (Phi) is 5.13. The van der Waals surface area contributed by atoms with Crippen molar-refractivity contribution in [1.29, 1.82) is 0 Å². The van der Waals surface area contributed by atoms with Crippen LogP contribution in [-0.4, -0.2) is 26.3 Å². The van der Waals surface area contributed by atoms with Crippen LogP contribution in [0.2, 0.25) is 0 Å². The highest BCUT2D eigenvalue weighted by Gasteiger charge is 2.47. The van der Waals surface area contributed by atoms with E-state index in [9.17, 15) is 14.7 Å². The van der Waals surface area contributed by atoms with Crippen molar-refractivity contribution in [2.45, 2.75) is 25.9 Å². The van der Waals surface area contributed by atoms with Crippen molar-refractivity contribution < 1.29 is 19.1 Å². The van der Waals surface area contributed by atoms with Gasteiger partial charge in [0.15, 0.2) is 0 Å². The molecule has 1 atom stereocenters. The van der Waals surface area contributed by atoms with Gasteiger partial charge < -0.3 is 19.0 Å². The molecule has 1 aliphatic heterocycles. The molecule has 33 heavy (non-hydrogen) atoms. The van der Waals surface area contributed by atoms with E-state index in [1.54, 1.807) is 24.3 Å². The van der Waals surface area contributed by atoms with Gasteiger partial charge in [-0.25, -0.2) is 0 Å². The van der Waals surface area contributed by atoms with E-state index in [4.69, 9.17) is 4.42 Å². The second kappa shape index (κ2) is 8.13. The number of carbonyl (C=O) groups is 2. The number of fused-ring (bicyclic) bond motifs is 1. The molecule has 5 rings (SSSR count). The molecule has 2 aromatic carbocycles. The Bertz CT molecular complexity index is 1380. The molecule has 1 fully saturated rings. The first-order chi connectivity index (χ1) is 16.0. The highest BCUT2D eigenvalue weighted by atomic mass is 16.3. The van der Waals surface area contributed by atoms with E-state index >= 15 is 0 Å². The molecule has 0 aliphatic carbocycles. The number of Topliss-reactive ketones (excluding diaryl/α,β-unsaturated/α-hetero) is 1. The minimum absolute atomic E-state index is 0.0900. The summed E-state index contributed by atoms with van der Waals surface area (Å²) < 4.78 is 7.44. The van der Waals surface area contributed by atoms with Crippen LogP contribution in [-0.2, 0) is 29.6 Å². The molecule has 0 bridgehead atoms. The van der Waals surface area contributed by atoms with E-state index < -0.39 is 17.7 Å². The molecule has 0 spiro atoms. The number of furan rings is 1. The molecule has 1 N–H and O–H groups in total. The van der Waals surface area contributed by atoms with Crippen LogP contribution >= 0.6 is 0 Å². The number of aliphatic hydroxyl groups excluding tert-OH is 1.